The van der Waals surface area contributed by atoms with Crippen molar-refractivity contribution in [2.24, 2.45) is 0 Å². The average molecular weight is 271 g/mol. The quantitative estimate of drug-likeness (QED) is 0.705. The van der Waals surface area contributed by atoms with E-state index < -0.39 is 10.2 Å². The van der Waals surface area contributed by atoms with Crippen LogP contribution in [0.15, 0.2) is 0 Å². The third-order valence-electron chi connectivity index (χ3n) is 2.18. The molecule has 0 aliphatic carbocycles. The van der Waals surface area contributed by atoms with Gasteiger partial charge in [-0.2, -0.15) is 17.0 Å². The smallest absolute Gasteiger partial charge is 0.195 e. The number of hydrogen-bond acceptors (Lipinski definition) is 2. The third kappa shape index (κ3) is 2.65. The molecule has 1 aliphatic heterocycles. The van der Waals surface area contributed by atoms with Crippen LogP contribution in [0.25, 0.3) is 0 Å². The van der Waals surface area contributed by atoms with E-state index in [1.807, 2.05) is 0 Å². The molecule has 0 N–H and O–H groups in total. The largest absolute Gasteiger partial charge is 0.281 e. The Morgan fingerprint density at radius 3 is 2.38 bits per heavy atom. The van der Waals surface area contributed by atoms with Crippen LogP contribution in [-0.2, 0) is 10.2 Å². The van der Waals surface area contributed by atoms with Gasteiger partial charge in [0.15, 0.2) is 0 Å². The Labute approximate surface area is 88.2 Å². The molecular formula is C7H15BrN2O2S. The molecule has 0 amide bonds. The fraction of sp³-hybridized carbons (Fsp3) is 1.00. The molecule has 0 atom stereocenters. The second-order valence-corrected chi connectivity index (χ2v) is 5.95. The fourth-order valence-corrected chi connectivity index (χ4v) is 3.55. The van der Waals surface area contributed by atoms with Crippen molar-refractivity contribution in [2.45, 2.75) is 12.8 Å². The molecule has 6 heteroatoms. The molecular weight excluding hydrogens is 256 g/mol. The van der Waals surface area contributed by atoms with Gasteiger partial charge in [-0.3, -0.25) is 0 Å². The van der Waals surface area contributed by atoms with E-state index in [-0.39, 0.29) is 0 Å². The maximum Gasteiger partial charge on any atom is 0.281 e. The molecule has 1 rings (SSSR count). The summed E-state index contributed by atoms with van der Waals surface area (Å²) in [5, 5.41) is 0.677. The zero-order valence-corrected chi connectivity index (χ0v) is 10.1. The number of alkyl halides is 1. The summed E-state index contributed by atoms with van der Waals surface area (Å²) in [6, 6.07) is 0. The topological polar surface area (TPSA) is 40.6 Å². The SMILES string of the molecule is CN(CCBr)S(=O)(=O)N1CCCC1. The van der Waals surface area contributed by atoms with Gasteiger partial charge in [-0.25, -0.2) is 0 Å². The van der Waals surface area contributed by atoms with Crippen LogP contribution in [0.3, 0.4) is 0 Å². The average Bonchev–Trinajstić information content (AvgIpc) is 2.56. The summed E-state index contributed by atoms with van der Waals surface area (Å²) in [6.45, 7) is 1.88. The van der Waals surface area contributed by atoms with Gasteiger partial charge in [0.25, 0.3) is 10.2 Å². The van der Waals surface area contributed by atoms with Gasteiger partial charge in [-0.1, -0.05) is 15.9 Å². The molecule has 1 aliphatic rings. The molecule has 0 bridgehead atoms. The van der Waals surface area contributed by atoms with Gasteiger partial charge in [-0.05, 0) is 12.8 Å². The van der Waals surface area contributed by atoms with E-state index in [4.69, 9.17) is 0 Å². The Morgan fingerprint density at radius 1 is 1.38 bits per heavy atom. The first-order valence-electron chi connectivity index (χ1n) is 4.36. The highest BCUT2D eigenvalue weighted by molar-refractivity contribution is 9.09. The predicted octanol–water partition coefficient (Wildman–Crippen LogP) is 0.654. The predicted molar refractivity (Wildman–Crippen MR) is 56.2 cm³/mol. The molecule has 0 unspecified atom stereocenters. The number of nitrogens with zero attached hydrogens (tertiary/aromatic N) is 2. The Balaban J connectivity index is 2.63. The van der Waals surface area contributed by atoms with E-state index in [0.717, 1.165) is 12.8 Å². The lowest BCUT2D eigenvalue weighted by atomic mass is 10.4. The van der Waals surface area contributed by atoms with Crippen LogP contribution in [0.1, 0.15) is 12.8 Å². The second-order valence-electron chi connectivity index (χ2n) is 3.12. The molecule has 13 heavy (non-hydrogen) atoms. The first-order chi connectivity index (χ1) is 6.09. The van der Waals surface area contributed by atoms with Crippen molar-refractivity contribution in [2.75, 3.05) is 32.0 Å². The summed E-state index contributed by atoms with van der Waals surface area (Å²) < 4.78 is 26.5. The van der Waals surface area contributed by atoms with Crippen molar-refractivity contribution in [1.82, 2.24) is 8.61 Å². The molecule has 1 saturated heterocycles. The summed E-state index contributed by atoms with van der Waals surface area (Å²) >= 11 is 3.23. The minimum absolute atomic E-state index is 0.527. The van der Waals surface area contributed by atoms with E-state index in [1.165, 1.54) is 4.31 Å². The van der Waals surface area contributed by atoms with Crippen molar-refractivity contribution in [3.63, 3.8) is 0 Å². The van der Waals surface area contributed by atoms with Gasteiger partial charge in [0.2, 0.25) is 0 Å². The highest BCUT2D eigenvalue weighted by Crippen LogP contribution is 2.15. The van der Waals surface area contributed by atoms with Crippen LogP contribution in [0.4, 0.5) is 0 Å². The molecule has 0 aromatic rings. The molecule has 1 fully saturated rings. The molecule has 78 valence electrons. The van der Waals surface area contributed by atoms with Gasteiger partial charge in [0.1, 0.15) is 0 Å². The van der Waals surface area contributed by atoms with Gasteiger partial charge < -0.3 is 0 Å². The van der Waals surface area contributed by atoms with Crippen LogP contribution < -0.4 is 0 Å². The normalized spacial score (nSPS) is 19.9. The molecule has 0 radical (unpaired) electrons. The molecule has 0 saturated carbocycles. The molecule has 0 spiro atoms. The highest BCUT2D eigenvalue weighted by atomic mass is 79.9. The van der Waals surface area contributed by atoms with Crippen LogP contribution in [0.5, 0.6) is 0 Å². The van der Waals surface area contributed by atoms with Crippen molar-refractivity contribution in [3.8, 4) is 0 Å². The number of hydrogen-bond donors (Lipinski definition) is 0. The van der Waals surface area contributed by atoms with Gasteiger partial charge in [0.05, 0.1) is 0 Å². The first kappa shape index (κ1) is 11.4. The fourth-order valence-electron chi connectivity index (χ4n) is 1.35. The van der Waals surface area contributed by atoms with E-state index in [1.54, 1.807) is 11.4 Å². The molecule has 1 heterocycles. The van der Waals surface area contributed by atoms with Crippen LogP contribution >= 0.6 is 15.9 Å². The minimum atomic E-state index is -3.16. The van der Waals surface area contributed by atoms with Gasteiger partial charge in [0, 0.05) is 32.0 Å². The monoisotopic (exact) mass is 270 g/mol. The molecule has 0 aromatic heterocycles. The summed E-state index contributed by atoms with van der Waals surface area (Å²) in [4.78, 5) is 0. The Hall–Kier alpha value is 0.350. The highest BCUT2D eigenvalue weighted by Gasteiger charge is 2.28. The van der Waals surface area contributed by atoms with Gasteiger partial charge >= 0.3 is 0 Å². The third-order valence-corrected chi connectivity index (χ3v) is 4.53. The van der Waals surface area contributed by atoms with Crippen molar-refractivity contribution < 1.29 is 8.42 Å². The van der Waals surface area contributed by atoms with Crippen LogP contribution in [-0.4, -0.2) is 49.0 Å². The van der Waals surface area contributed by atoms with Crippen LogP contribution in [0, 0.1) is 0 Å². The zero-order valence-electron chi connectivity index (χ0n) is 7.74. The number of halogens is 1. The number of rotatable bonds is 4. The van der Waals surface area contributed by atoms with E-state index >= 15 is 0 Å². The van der Waals surface area contributed by atoms with Gasteiger partial charge in [-0.15, -0.1) is 0 Å². The lowest BCUT2D eigenvalue weighted by Gasteiger charge is -2.22. The maximum absolute atomic E-state index is 11.8. The van der Waals surface area contributed by atoms with Crippen molar-refractivity contribution in [3.05, 3.63) is 0 Å². The lowest BCUT2D eigenvalue weighted by Crippen LogP contribution is -2.40. The van der Waals surface area contributed by atoms with Crippen LogP contribution in [0.2, 0.25) is 0 Å². The molecule has 4 nitrogen and oxygen atoms in total. The Bertz CT molecular complexity index is 249. The van der Waals surface area contributed by atoms with Crippen molar-refractivity contribution >= 4 is 26.1 Å². The molecule has 0 aromatic carbocycles. The van der Waals surface area contributed by atoms with E-state index in [0.29, 0.717) is 25.0 Å². The minimum Gasteiger partial charge on any atom is -0.195 e. The summed E-state index contributed by atoms with van der Waals surface area (Å²) in [5.74, 6) is 0. The summed E-state index contributed by atoms with van der Waals surface area (Å²) in [7, 11) is -1.54. The zero-order chi connectivity index (χ0) is 9.90. The first-order valence-corrected chi connectivity index (χ1v) is 6.88. The van der Waals surface area contributed by atoms with E-state index in [9.17, 15) is 8.42 Å². The summed E-state index contributed by atoms with van der Waals surface area (Å²) in [5.41, 5.74) is 0. The lowest BCUT2D eigenvalue weighted by molar-refractivity contribution is 0.405. The second kappa shape index (κ2) is 4.72. The maximum atomic E-state index is 11.8. The van der Waals surface area contributed by atoms with Crippen molar-refractivity contribution in [1.29, 1.82) is 0 Å². The summed E-state index contributed by atoms with van der Waals surface area (Å²) in [6.07, 6.45) is 1.97. The standard InChI is InChI=1S/C7H15BrN2O2S/c1-9(7-4-8)13(11,12)10-5-2-3-6-10/h2-7H2,1H3. The Kier molecular flexibility index (Phi) is 4.15. The van der Waals surface area contributed by atoms with E-state index in [2.05, 4.69) is 15.9 Å². The Morgan fingerprint density at radius 2 is 1.92 bits per heavy atom.